The second kappa shape index (κ2) is 5.21. The number of nitrogens with one attached hydrogen (secondary N) is 1. The summed E-state index contributed by atoms with van der Waals surface area (Å²) in [7, 11) is 0. The third-order valence-corrected chi connectivity index (χ3v) is 3.79. The zero-order chi connectivity index (χ0) is 13.2. The lowest BCUT2D eigenvalue weighted by molar-refractivity contribution is -0.387. The number of benzene rings is 1. The summed E-state index contributed by atoms with van der Waals surface area (Å²) in [4.78, 5) is 7.47. The molecule has 0 fully saturated rings. The van der Waals surface area contributed by atoms with Crippen molar-refractivity contribution in [1.82, 2.24) is 9.97 Å². The van der Waals surface area contributed by atoms with Gasteiger partial charge in [0.15, 0.2) is 0 Å². The molecule has 0 atom stereocenters. The smallest absolute Gasteiger partial charge is 0.140 e. The van der Waals surface area contributed by atoms with E-state index in [4.69, 9.17) is 16.3 Å². The molecule has 0 saturated carbocycles. The van der Waals surface area contributed by atoms with Crippen LogP contribution in [-0.2, 0) is 13.2 Å². The van der Waals surface area contributed by atoms with Crippen LogP contribution >= 0.6 is 22.9 Å². The number of hydrogen-bond acceptors (Lipinski definition) is 3. The molecule has 3 rings (SSSR count). The molecule has 0 spiro atoms. The summed E-state index contributed by atoms with van der Waals surface area (Å²) in [6.45, 7) is 1.15. The summed E-state index contributed by atoms with van der Waals surface area (Å²) in [6.07, 6.45) is 0. The molecular weight excluding hydrogens is 282 g/mol. The van der Waals surface area contributed by atoms with Crippen molar-refractivity contribution in [2.45, 2.75) is 13.2 Å². The Kier molecular flexibility index (Phi) is 3.42. The molecule has 19 heavy (non-hydrogen) atoms. The summed E-state index contributed by atoms with van der Waals surface area (Å²) < 4.78 is 5.71. The molecule has 0 aliphatic carbocycles. The summed E-state index contributed by atoms with van der Waals surface area (Å²) in [6, 6.07) is 5.88. The van der Waals surface area contributed by atoms with Gasteiger partial charge in [-0.05, 0) is 12.1 Å². The van der Waals surface area contributed by atoms with Crippen LogP contribution in [0.3, 0.4) is 0 Å². The lowest BCUT2D eigenvalue weighted by atomic mass is 10.2. The normalized spacial score (nSPS) is 11.1. The maximum Gasteiger partial charge on any atom is 0.140 e. The minimum atomic E-state index is 0.428. The van der Waals surface area contributed by atoms with Gasteiger partial charge >= 0.3 is 0 Å². The van der Waals surface area contributed by atoms with Crippen molar-refractivity contribution < 1.29 is 10.5 Å². The van der Waals surface area contributed by atoms with E-state index in [0.29, 0.717) is 17.4 Å². The second-order valence-electron chi connectivity index (χ2n) is 4.18. The highest BCUT2D eigenvalue weighted by molar-refractivity contribution is 7.07. The van der Waals surface area contributed by atoms with E-state index in [9.17, 15) is 0 Å². The van der Waals surface area contributed by atoms with Crippen molar-refractivity contribution in [3.63, 3.8) is 0 Å². The Balaban J connectivity index is 1.88. The topological polar surface area (TPSA) is 65.6 Å². The van der Waals surface area contributed by atoms with Crippen molar-refractivity contribution in [2.75, 3.05) is 0 Å². The molecule has 0 radical (unpaired) electrons. The van der Waals surface area contributed by atoms with Crippen LogP contribution in [0.5, 0.6) is 5.75 Å². The standard InChI is InChI=1S/C13H12ClN3OS/c14-11-2-8-1-9(4-15)17-12(8)3-13(11)18-5-10-6-19-7-16-10/h1-3,6-7,17H,4-5,15H2/p+1. The number of fused-ring (bicyclic) bond motifs is 1. The first-order chi connectivity index (χ1) is 9.26. The van der Waals surface area contributed by atoms with Crippen molar-refractivity contribution in [3.8, 4) is 5.75 Å². The molecule has 4 N–H and O–H groups in total. The number of hydrogen-bond donors (Lipinski definition) is 2. The number of ether oxygens (including phenoxy) is 1. The zero-order valence-corrected chi connectivity index (χ0v) is 11.7. The quantitative estimate of drug-likeness (QED) is 0.777. The predicted molar refractivity (Wildman–Crippen MR) is 76.3 cm³/mol. The third-order valence-electron chi connectivity index (χ3n) is 2.86. The highest BCUT2D eigenvalue weighted by Gasteiger charge is 2.08. The van der Waals surface area contributed by atoms with Gasteiger partial charge < -0.3 is 15.5 Å². The number of quaternary nitrogens is 1. The van der Waals surface area contributed by atoms with Gasteiger partial charge in [0.1, 0.15) is 18.9 Å². The number of halogens is 1. The van der Waals surface area contributed by atoms with E-state index in [1.807, 2.05) is 17.5 Å². The number of thiazole rings is 1. The Morgan fingerprint density at radius 3 is 3.00 bits per heavy atom. The van der Waals surface area contributed by atoms with Crippen molar-refractivity contribution in [3.05, 3.63) is 45.5 Å². The Hall–Kier alpha value is -1.56. The van der Waals surface area contributed by atoms with Crippen LogP contribution in [0.4, 0.5) is 0 Å². The maximum absolute atomic E-state index is 6.22. The fraction of sp³-hybridized carbons (Fsp3) is 0.154. The molecule has 0 aliphatic heterocycles. The fourth-order valence-electron chi connectivity index (χ4n) is 1.90. The minimum Gasteiger partial charge on any atom is -0.486 e. The number of rotatable bonds is 4. The van der Waals surface area contributed by atoms with Crippen LogP contribution in [0.1, 0.15) is 11.4 Å². The molecule has 2 heterocycles. The Morgan fingerprint density at radius 2 is 2.26 bits per heavy atom. The third kappa shape index (κ3) is 2.58. The minimum absolute atomic E-state index is 0.428. The van der Waals surface area contributed by atoms with E-state index >= 15 is 0 Å². The van der Waals surface area contributed by atoms with E-state index in [1.54, 1.807) is 16.8 Å². The lowest BCUT2D eigenvalue weighted by Gasteiger charge is -2.06. The van der Waals surface area contributed by atoms with Gasteiger partial charge in [0, 0.05) is 22.3 Å². The SMILES string of the molecule is [NH3+]Cc1cc2cc(Cl)c(OCc3cscn3)cc2[nH]1. The molecular formula is C13H13ClN3OS+. The van der Waals surface area contributed by atoms with Gasteiger partial charge in [-0.25, -0.2) is 4.98 Å². The molecule has 1 aromatic carbocycles. The summed E-state index contributed by atoms with van der Waals surface area (Å²) in [5.41, 5.74) is 8.65. The van der Waals surface area contributed by atoms with Gasteiger partial charge in [-0.1, -0.05) is 11.6 Å². The molecule has 0 saturated heterocycles. The van der Waals surface area contributed by atoms with Gasteiger partial charge in [0.05, 0.1) is 21.9 Å². The van der Waals surface area contributed by atoms with Crippen molar-refractivity contribution in [1.29, 1.82) is 0 Å². The lowest BCUT2D eigenvalue weighted by Crippen LogP contribution is -2.47. The highest BCUT2D eigenvalue weighted by atomic mass is 35.5. The van der Waals surface area contributed by atoms with E-state index in [-0.39, 0.29) is 0 Å². The first-order valence-corrected chi connectivity index (χ1v) is 7.18. The second-order valence-corrected chi connectivity index (χ2v) is 5.31. The van der Waals surface area contributed by atoms with E-state index in [2.05, 4.69) is 21.8 Å². The zero-order valence-electron chi connectivity index (χ0n) is 10.1. The Labute approximate surface area is 119 Å². The van der Waals surface area contributed by atoms with Gasteiger partial charge in [0.25, 0.3) is 0 Å². The van der Waals surface area contributed by atoms with E-state index in [0.717, 1.165) is 28.8 Å². The largest absolute Gasteiger partial charge is 0.486 e. The number of aromatic nitrogens is 2. The summed E-state index contributed by atoms with van der Waals surface area (Å²) in [5, 5.41) is 3.64. The Bertz CT molecular complexity index is 693. The monoisotopic (exact) mass is 294 g/mol. The van der Waals surface area contributed by atoms with Crippen LogP contribution in [0.2, 0.25) is 5.02 Å². The van der Waals surface area contributed by atoms with Crippen LogP contribution in [0, 0.1) is 0 Å². The molecule has 0 bridgehead atoms. The van der Waals surface area contributed by atoms with Crippen LogP contribution in [0.15, 0.2) is 29.1 Å². The molecule has 98 valence electrons. The van der Waals surface area contributed by atoms with Crippen LogP contribution in [0.25, 0.3) is 10.9 Å². The molecule has 3 aromatic rings. The summed E-state index contributed by atoms with van der Waals surface area (Å²) in [5.74, 6) is 0.666. The van der Waals surface area contributed by atoms with Gasteiger partial charge in [0.2, 0.25) is 0 Å². The summed E-state index contributed by atoms with van der Waals surface area (Å²) >= 11 is 7.77. The number of nitrogens with zero attached hydrogens (tertiary/aromatic N) is 1. The molecule has 0 amide bonds. The average Bonchev–Trinajstić information content (AvgIpc) is 3.04. The van der Waals surface area contributed by atoms with Crippen LogP contribution < -0.4 is 10.5 Å². The molecule has 6 heteroatoms. The molecule has 2 aromatic heterocycles. The fourth-order valence-corrected chi connectivity index (χ4v) is 2.67. The van der Waals surface area contributed by atoms with E-state index in [1.165, 1.54) is 0 Å². The molecule has 0 aliphatic rings. The first-order valence-electron chi connectivity index (χ1n) is 5.86. The van der Waals surface area contributed by atoms with Crippen LogP contribution in [-0.4, -0.2) is 9.97 Å². The highest BCUT2D eigenvalue weighted by Crippen LogP contribution is 2.30. The van der Waals surface area contributed by atoms with Crippen molar-refractivity contribution in [2.24, 2.45) is 0 Å². The Morgan fingerprint density at radius 1 is 1.37 bits per heavy atom. The number of H-pyrrole nitrogens is 1. The van der Waals surface area contributed by atoms with E-state index < -0.39 is 0 Å². The molecule has 4 nitrogen and oxygen atoms in total. The molecule has 0 unspecified atom stereocenters. The average molecular weight is 295 g/mol. The van der Waals surface area contributed by atoms with Gasteiger partial charge in [-0.2, -0.15) is 0 Å². The van der Waals surface area contributed by atoms with Gasteiger partial charge in [-0.3, -0.25) is 0 Å². The first kappa shape index (κ1) is 12.5. The van der Waals surface area contributed by atoms with Crippen molar-refractivity contribution >= 4 is 33.8 Å². The van der Waals surface area contributed by atoms with Gasteiger partial charge in [-0.15, -0.1) is 11.3 Å². The predicted octanol–water partition coefficient (Wildman–Crippen LogP) is 2.60. The number of aromatic amines is 1. The maximum atomic E-state index is 6.22.